The van der Waals surface area contributed by atoms with Crippen LogP contribution >= 0.6 is 0 Å². The van der Waals surface area contributed by atoms with Gasteiger partial charge >= 0.3 is 5.97 Å². The molecule has 1 aliphatic rings. The number of terminal acetylenes is 1. The molecule has 1 aromatic rings. The molecule has 1 aliphatic heterocycles. The normalized spacial score (nSPS) is 17.2. The van der Waals surface area contributed by atoms with Crippen LogP contribution in [-0.2, 0) is 14.3 Å². The van der Waals surface area contributed by atoms with E-state index in [1.54, 1.807) is 26.0 Å². The second-order valence-electron chi connectivity index (χ2n) is 4.50. The maximum atomic E-state index is 12.4. The van der Waals surface area contributed by atoms with E-state index in [1.807, 2.05) is 0 Å². The molecule has 1 amide bonds. The molecular weight excluding hydrogens is 272 g/mol. The fraction of sp³-hybridized carbons (Fsp3) is 0.333. The average molecular weight is 286 g/mol. The maximum absolute atomic E-state index is 12.4. The van der Waals surface area contributed by atoms with Crippen LogP contribution in [0.25, 0.3) is 0 Å². The van der Waals surface area contributed by atoms with Crippen LogP contribution in [0.4, 0.5) is 5.82 Å². The number of Topliss-reactive ketones (excluding diaryl/α,β-unsaturated/α-hetero) is 1. The predicted molar refractivity (Wildman–Crippen MR) is 74.6 cm³/mol. The van der Waals surface area contributed by atoms with Gasteiger partial charge in [-0.2, -0.15) is 0 Å². The van der Waals surface area contributed by atoms with Gasteiger partial charge < -0.3 is 4.74 Å². The number of amides is 1. The highest BCUT2D eigenvalue weighted by Gasteiger charge is 2.45. The van der Waals surface area contributed by atoms with Crippen molar-refractivity contribution < 1.29 is 19.1 Å². The summed E-state index contributed by atoms with van der Waals surface area (Å²) in [6.45, 7) is 3.37. The summed E-state index contributed by atoms with van der Waals surface area (Å²) in [5, 5.41) is 0. The van der Waals surface area contributed by atoms with Gasteiger partial charge in [0.05, 0.1) is 18.7 Å². The smallest absolute Gasteiger partial charge is 0.326 e. The van der Waals surface area contributed by atoms with Crippen LogP contribution < -0.4 is 4.90 Å². The summed E-state index contributed by atoms with van der Waals surface area (Å²) >= 11 is 0. The molecule has 0 fully saturated rings. The van der Waals surface area contributed by atoms with Crippen LogP contribution in [0.1, 0.15) is 23.0 Å². The molecule has 0 saturated carbocycles. The molecule has 6 heteroatoms. The third-order valence-corrected chi connectivity index (χ3v) is 3.08. The Balaban J connectivity index is 2.54. The number of hydrogen-bond acceptors (Lipinski definition) is 5. The lowest BCUT2D eigenvalue weighted by Gasteiger charge is -2.30. The van der Waals surface area contributed by atoms with E-state index in [0.717, 1.165) is 0 Å². The van der Waals surface area contributed by atoms with Crippen LogP contribution in [0.15, 0.2) is 12.1 Å². The summed E-state index contributed by atoms with van der Waals surface area (Å²) < 4.78 is 4.81. The van der Waals surface area contributed by atoms with Gasteiger partial charge in [-0.1, -0.05) is 5.92 Å². The van der Waals surface area contributed by atoms with Gasteiger partial charge in [0.1, 0.15) is 5.82 Å². The Labute approximate surface area is 122 Å². The van der Waals surface area contributed by atoms with Crippen molar-refractivity contribution in [3.63, 3.8) is 0 Å². The highest BCUT2D eigenvalue weighted by atomic mass is 16.5. The second-order valence-corrected chi connectivity index (χ2v) is 4.50. The molecule has 2 heterocycles. The number of nitrogens with zero attached hydrogens (tertiary/aromatic N) is 2. The van der Waals surface area contributed by atoms with Crippen molar-refractivity contribution in [2.75, 3.05) is 18.1 Å². The minimum Gasteiger partial charge on any atom is -0.465 e. The highest BCUT2D eigenvalue weighted by molar-refractivity contribution is 6.29. The standard InChI is InChI=1S/C15H14N2O4/c1-4-8-17-13-10(7-6-9(3)16-13)12(18)11(14(17)19)15(20)21-5-2/h1,6-7,11H,5,8H2,2-3H3/t11-/m0/s1. The van der Waals surface area contributed by atoms with E-state index in [-0.39, 0.29) is 24.5 Å². The Kier molecular flexibility index (Phi) is 4.03. The Bertz CT molecular complexity index is 660. The van der Waals surface area contributed by atoms with Crippen LogP contribution in [0.2, 0.25) is 0 Å². The molecule has 0 spiro atoms. The Morgan fingerprint density at radius 1 is 1.48 bits per heavy atom. The van der Waals surface area contributed by atoms with Gasteiger partial charge in [-0.15, -0.1) is 6.42 Å². The monoisotopic (exact) mass is 286 g/mol. The number of carbonyl (C=O) groups excluding carboxylic acids is 3. The Morgan fingerprint density at radius 3 is 2.81 bits per heavy atom. The molecule has 108 valence electrons. The number of ketones is 1. The van der Waals surface area contributed by atoms with E-state index >= 15 is 0 Å². The number of ether oxygens (including phenoxy) is 1. The van der Waals surface area contributed by atoms with Crippen molar-refractivity contribution in [3.8, 4) is 12.3 Å². The van der Waals surface area contributed by atoms with E-state index in [1.165, 1.54) is 4.90 Å². The largest absolute Gasteiger partial charge is 0.465 e. The van der Waals surface area contributed by atoms with Crippen LogP contribution in [0.3, 0.4) is 0 Å². The Hall–Kier alpha value is -2.68. The van der Waals surface area contributed by atoms with E-state index in [2.05, 4.69) is 10.9 Å². The van der Waals surface area contributed by atoms with Gasteiger partial charge in [-0.25, -0.2) is 4.98 Å². The number of hydrogen-bond donors (Lipinski definition) is 0. The van der Waals surface area contributed by atoms with Crippen LogP contribution in [-0.4, -0.2) is 35.8 Å². The molecule has 0 N–H and O–H groups in total. The summed E-state index contributed by atoms with van der Waals surface area (Å²) in [5.74, 6) is -1.13. The number of pyridine rings is 1. The number of carbonyl (C=O) groups is 3. The summed E-state index contributed by atoms with van der Waals surface area (Å²) in [6.07, 6.45) is 5.26. The SMILES string of the molecule is C#CCN1C(=O)[C@@H](C(=O)OCC)C(=O)c2ccc(C)nc21. The zero-order valence-electron chi connectivity index (χ0n) is 11.8. The first-order valence-electron chi connectivity index (χ1n) is 6.44. The maximum Gasteiger partial charge on any atom is 0.326 e. The highest BCUT2D eigenvalue weighted by Crippen LogP contribution is 2.29. The van der Waals surface area contributed by atoms with Crippen LogP contribution in [0.5, 0.6) is 0 Å². The lowest BCUT2D eigenvalue weighted by molar-refractivity contribution is -0.149. The quantitative estimate of drug-likeness (QED) is 0.465. The molecule has 6 nitrogen and oxygen atoms in total. The fourth-order valence-corrected chi connectivity index (χ4v) is 2.15. The predicted octanol–water partition coefficient (Wildman–Crippen LogP) is 0.732. The lowest BCUT2D eigenvalue weighted by atomic mass is 9.92. The molecule has 2 rings (SSSR count). The molecule has 0 aromatic carbocycles. The molecule has 0 saturated heterocycles. The molecule has 1 atom stereocenters. The van der Waals surface area contributed by atoms with E-state index in [0.29, 0.717) is 5.69 Å². The molecule has 0 unspecified atom stereocenters. The molecular formula is C15H14N2O4. The minimum absolute atomic E-state index is 0.0640. The van der Waals surface area contributed by atoms with E-state index < -0.39 is 23.6 Å². The summed E-state index contributed by atoms with van der Waals surface area (Å²) in [4.78, 5) is 42.0. The van der Waals surface area contributed by atoms with Crippen molar-refractivity contribution in [2.45, 2.75) is 13.8 Å². The number of aromatic nitrogens is 1. The second kappa shape index (κ2) is 5.75. The number of fused-ring (bicyclic) bond motifs is 1. The Morgan fingerprint density at radius 2 is 2.19 bits per heavy atom. The van der Waals surface area contributed by atoms with Gasteiger partial charge in [-0.05, 0) is 26.0 Å². The average Bonchev–Trinajstić information content (AvgIpc) is 2.43. The topological polar surface area (TPSA) is 76.6 Å². The molecule has 0 bridgehead atoms. The summed E-state index contributed by atoms with van der Waals surface area (Å²) in [5.41, 5.74) is 0.847. The van der Waals surface area contributed by atoms with Crippen LogP contribution in [0, 0.1) is 25.2 Å². The third kappa shape index (κ3) is 2.50. The number of anilines is 1. The van der Waals surface area contributed by atoms with Gasteiger partial charge in [-0.3, -0.25) is 19.3 Å². The molecule has 0 radical (unpaired) electrons. The van der Waals surface area contributed by atoms with Crippen molar-refractivity contribution in [1.82, 2.24) is 4.98 Å². The number of aryl methyl sites for hydroxylation is 1. The van der Waals surface area contributed by atoms with E-state index in [4.69, 9.17) is 11.2 Å². The summed E-state index contributed by atoms with van der Waals surface area (Å²) in [6, 6.07) is 3.19. The first-order valence-corrected chi connectivity index (χ1v) is 6.44. The van der Waals surface area contributed by atoms with Gasteiger partial charge in [0.2, 0.25) is 0 Å². The molecule has 21 heavy (non-hydrogen) atoms. The van der Waals surface area contributed by atoms with Gasteiger partial charge in [0.15, 0.2) is 11.7 Å². The van der Waals surface area contributed by atoms with Crippen molar-refractivity contribution in [3.05, 3.63) is 23.4 Å². The lowest BCUT2D eigenvalue weighted by Crippen LogP contribution is -2.49. The van der Waals surface area contributed by atoms with Gasteiger partial charge in [0.25, 0.3) is 5.91 Å². The molecule has 0 aliphatic carbocycles. The fourth-order valence-electron chi connectivity index (χ4n) is 2.15. The molecule has 1 aromatic heterocycles. The zero-order valence-corrected chi connectivity index (χ0v) is 11.8. The summed E-state index contributed by atoms with van der Waals surface area (Å²) in [7, 11) is 0. The van der Waals surface area contributed by atoms with Crippen molar-refractivity contribution >= 4 is 23.5 Å². The van der Waals surface area contributed by atoms with Gasteiger partial charge in [0, 0.05) is 5.69 Å². The first-order chi connectivity index (χ1) is 10.0. The van der Waals surface area contributed by atoms with E-state index in [9.17, 15) is 14.4 Å². The minimum atomic E-state index is -1.50. The van der Waals surface area contributed by atoms with Crippen molar-refractivity contribution in [1.29, 1.82) is 0 Å². The van der Waals surface area contributed by atoms with Crippen molar-refractivity contribution in [2.24, 2.45) is 5.92 Å². The zero-order chi connectivity index (χ0) is 15.6. The number of esters is 1. The third-order valence-electron chi connectivity index (χ3n) is 3.08. The number of rotatable bonds is 3. The first kappa shape index (κ1) is 14.7.